The van der Waals surface area contributed by atoms with Gasteiger partial charge in [0.2, 0.25) is 15.8 Å². The van der Waals surface area contributed by atoms with Crippen LogP contribution in [0.2, 0.25) is 0 Å². The third kappa shape index (κ3) is 2.13. The average molecular weight is 334 g/mol. The lowest BCUT2D eigenvalue weighted by atomic mass is 10.1. The molecule has 0 saturated carbocycles. The first kappa shape index (κ1) is 14.3. The second-order valence-corrected chi connectivity index (χ2v) is 7.31. The molecule has 2 N–H and O–H groups in total. The van der Waals surface area contributed by atoms with Gasteiger partial charge in [-0.05, 0) is 36.6 Å². The Morgan fingerprint density at radius 1 is 1.35 bits per heavy atom. The summed E-state index contributed by atoms with van der Waals surface area (Å²) in [6, 6.07) is 6.49. The Hall–Kier alpha value is -2.32. The highest BCUT2D eigenvalue weighted by atomic mass is 32.2. The summed E-state index contributed by atoms with van der Waals surface area (Å²) in [5, 5.41) is 9.15. The Morgan fingerprint density at radius 2 is 2.17 bits per heavy atom. The molecule has 4 rings (SSSR count). The molecule has 2 aliphatic rings. The van der Waals surface area contributed by atoms with Gasteiger partial charge in [0.1, 0.15) is 4.90 Å². The third-order valence-electron chi connectivity index (χ3n) is 4.27. The maximum absolute atomic E-state index is 12.5. The van der Waals surface area contributed by atoms with E-state index in [-0.39, 0.29) is 16.8 Å². The number of anilines is 1. The van der Waals surface area contributed by atoms with E-state index in [9.17, 15) is 13.2 Å². The molecule has 1 saturated heterocycles. The first-order valence-corrected chi connectivity index (χ1v) is 8.70. The third-order valence-corrected chi connectivity index (χ3v) is 5.76. The van der Waals surface area contributed by atoms with Gasteiger partial charge in [-0.15, -0.1) is 0 Å². The fourth-order valence-corrected chi connectivity index (χ4v) is 4.73. The second kappa shape index (κ2) is 4.84. The lowest BCUT2D eigenvalue weighted by molar-refractivity contribution is 0.0663. The minimum Gasteiger partial charge on any atom is -0.475 e. The van der Waals surface area contributed by atoms with Gasteiger partial charge in [-0.2, -0.15) is 4.72 Å². The van der Waals surface area contributed by atoms with Crippen LogP contribution in [0.5, 0.6) is 0 Å². The van der Waals surface area contributed by atoms with Crippen molar-refractivity contribution in [2.45, 2.75) is 23.9 Å². The van der Waals surface area contributed by atoms with Crippen LogP contribution in [0.25, 0.3) is 11.1 Å². The molecule has 1 unspecified atom stereocenters. The molecule has 120 valence electrons. The zero-order chi connectivity index (χ0) is 16.2. The molecule has 2 aliphatic heterocycles. The molecule has 23 heavy (non-hydrogen) atoms. The number of furan rings is 1. The van der Waals surface area contributed by atoms with E-state index in [1.807, 2.05) is 4.90 Å². The summed E-state index contributed by atoms with van der Waals surface area (Å²) >= 11 is 0. The van der Waals surface area contributed by atoms with Gasteiger partial charge in [0, 0.05) is 12.1 Å². The second-order valence-electron chi connectivity index (χ2n) is 5.62. The van der Waals surface area contributed by atoms with Crippen LogP contribution in [0.4, 0.5) is 5.69 Å². The highest BCUT2D eigenvalue weighted by Crippen LogP contribution is 2.38. The van der Waals surface area contributed by atoms with Gasteiger partial charge < -0.3 is 14.4 Å². The molecule has 0 radical (unpaired) electrons. The molecule has 0 spiro atoms. The van der Waals surface area contributed by atoms with Crippen molar-refractivity contribution in [3.8, 4) is 11.1 Å². The molecule has 8 heteroatoms. The summed E-state index contributed by atoms with van der Waals surface area (Å²) in [5.74, 6) is -1.39. The first-order valence-electron chi connectivity index (χ1n) is 7.21. The van der Waals surface area contributed by atoms with E-state index >= 15 is 0 Å². The largest absolute Gasteiger partial charge is 0.475 e. The van der Waals surface area contributed by atoms with Crippen molar-refractivity contribution < 1.29 is 22.7 Å². The number of carbonyl (C=O) groups is 1. The molecular weight excluding hydrogens is 320 g/mol. The molecule has 2 aromatic rings. The standard InChI is InChI=1S/C15H14N2O5S/c18-15(19)14-10(5-7-22-14)9-3-4-11-12(8-9)23(20,21)16-13-2-1-6-17(11)13/h3-5,7-8,13,16H,1-2,6H2,(H,18,19). The van der Waals surface area contributed by atoms with E-state index in [4.69, 9.17) is 9.52 Å². The summed E-state index contributed by atoms with van der Waals surface area (Å²) in [7, 11) is -3.61. The SMILES string of the molecule is O=C(O)c1occc1-c1ccc2c(c1)S(=O)(=O)NC1CCCN21. The van der Waals surface area contributed by atoms with Crippen molar-refractivity contribution >= 4 is 21.7 Å². The molecule has 0 aliphatic carbocycles. The van der Waals surface area contributed by atoms with Gasteiger partial charge in [-0.3, -0.25) is 0 Å². The van der Waals surface area contributed by atoms with Crippen molar-refractivity contribution in [3.05, 3.63) is 36.3 Å². The zero-order valence-corrected chi connectivity index (χ0v) is 12.8. The van der Waals surface area contributed by atoms with E-state index in [1.165, 1.54) is 18.4 Å². The van der Waals surface area contributed by atoms with Crippen LogP contribution in [0.15, 0.2) is 39.8 Å². The van der Waals surface area contributed by atoms with Crippen LogP contribution in [0.1, 0.15) is 23.4 Å². The molecule has 1 aromatic heterocycles. The number of carboxylic acids is 1. The van der Waals surface area contributed by atoms with Crippen LogP contribution in [0, 0.1) is 0 Å². The predicted molar refractivity (Wildman–Crippen MR) is 81.8 cm³/mol. The molecular formula is C15H14N2O5S. The van der Waals surface area contributed by atoms with Crippen molar-refractivity contribution in [2.75, 3.05) is 11.4 Å². The maximum atomic E-state index is 12.5. The predicted octanol–water partition coefficient (Wildman–Crippen LogP) is 1.86. The Morgan fingerprint density at radius 3 is 2.96 bits per heavy atom. The van der Waals surface area contributed by atoms with Crippen LogP contribution in [-0.4, -0.2) is 32.2 Å². The molecule has 0 amide bonds. The maximum Gasteiger partial charge on any atom is 0.372 e. The van der Waals surface area contributed by atoms with Crippen LogP contribution in [-0.2, 0) is 10.0 Å². The summed E-state index contributed by atoms with van der Waals surface area (Å²) in [6.45, 7) is 0.797. The van der Waals surface area contributed by atoms with Crippen molar-refractivity contribution in [1.29, 1.82) is 0 Å². The van der Waals surface area contributed by atoms with Gasteiger partial charge in [0.05, 0.1) is 18.1 Å². The Kier molecular flexibility index (Phi) is 3.00. The number of fused-ring (bicyclic) bond motifs is 3. The van der Waals surface area contributed by atoms with Gasteiger partial charge in [0.25, 0.3) is 0 Å². The van der Waals surface area contributed by atoms with Gasteiger partial charge in [-0.1, -0.05) is 6.07 Å². The van der Waals surface area contributed by atoms with E-state index in [0.717, 1.165) is 19.4 Å². The monoisotopic (exact) mass is 334 g/mol. The van der Waals surface area contributed by atoms with Crippen LogP contribution < -0.4 is 9.62 Å². The molecule has 0 bridgehead atoms. The van der Waals surface area contributed by atoms with Crippen molar-refractivity contribution in [2.24, 2.45) is 0 Å². The molecule has 1 fully saturated rings. The smallest absolute Gasteiger partial charge is 0.372 e. The number of sulfonamides is 1. The number of aromatic carboxylic acids is 1. The lowest BCUT2D eigenvalue weighted by Crippen LogP contribution is -2.48. The Bertz CT molecular complexity index is 902. The summed E-state index contributed by atoms with van der Waals surface area (Å²) < 4.78 is 32.6. The topological polar surface area (TPSA) is 99.8 Å². The normalized spacial score (nSPS) is 21.7. The first-order chi connectivity index (χ1) is 11.0. The van der Waals surface area contributed by atoms with E-state index < -0.39 is 16.0 Å². The van der Waals surface area contributed by atoms with Gasteiger partial charge >= 0.3 is 5.97 Å². The number of hydrogen-bond donors (Lipinski definition) is 2. The van der Waals surface area contributed by atoms with E-state index in [1.54, 1.807) is 12.1 Å². The number of rotatable bonds is 2. The van der Waals surface area contributed by atoms with Crippen molar-refractivity contribution in [1.82, 2.24) is 4.72 Å². The summed E-state index contributed by atoms with van der Waals surface area (Å²) in [6.07, 6.45) is 2.80. The van der Waals surface area contributed by atoms with E-state index in [0.29, 0.717) is 16.8 Å². The van der Waals surface area contributed by atoms with Crippen LogP contribution in [0.3, 0.4) is 0 Å². The number of benzene rings is 1. The fraction of sp³-hybridized carbons (Fsp3) is 0.267. The highest BCUT2D eigenvalue weighted by molar-refractivity contribution is 7.89. The number of nitrogens with zero attached hydrogens (tertiary/aromatic N) is 1. The molecule has 1 aromatic carbocycles. The molecule has 7 nitrogen and oxygen atoms in total. The molecule has 1 atom stereocenters. The zero-order valence-electron chi connectivity index (χ0n) is 12.0. The Balaban J connectivity index is 1.88. The minimum atomic E-state index is -3.61. The number of nitrogens with one attached hydrogen (secondary N) is 1. The lowest BCUT2D eigenvalue weighted by Gasteiger charge is -2.34. The summed E-state index contributed by atoms with van der Waals surface area (Å²) in [4.78, 5) is 13.4. The number of carboxylic acid groups (broad SMARTS) is 1. The number of hydrogen-bond acceptors (Lipinski definition) is 5. The quantitative estimate of drug-likeness (QED) is 0.869. The highest BCUT2D eigenvalue weighted by Gasteiger charge is 2.37. The Labute approximate surface area is 132 Å². The van der Waals surface area contributed by atoms with Gasteiger partial charge in [0.15, 0.2) is 0 Å². The molecule has 3 heterocycles. The minimum absolute atomic E-state index is 0.172. The van der Waals surface area contributed by atoms with Crippen LogP contribution >= 0.6 is 0 Å². The van der Waals surface area contributed by atoms with Gasteiger partial charge in [-0.25, -0.2) is 13.2 Å². The van der Waals surface area contributed by atoms with Crippen molar-refractivity contribution in [3.63, 3.8) is 0 Å². The average Bonchev–Trinajstić information content (AvgIpc) is 3.14. The summed E-state index contributed by atoms with van der Waals surface area (Å²) in [5.41, 5.74) is 1.52. The van der Waals surface area contributed by atoms with E-state index in [2.05, 4.69) is 4.72 Å². The fourth-order valence-electron chi connectivity index (χ4n) is 3.26.